The van der Waals surface area contributed by atoms with Crippen LogP contribution in [-0.2, 0) is 19.6 Å². The highest BCUT2D eigenvalue weighted by atomic mass is 32.2. The number of sulfonamides is 1. The van der Waals surface area contributed by atoms with E-state index in [0.717, 1.165) is 0 Å². The van der Waals surface area contributed by atoms with Gasteiger partial charge in [-0.2, -0.15) is 0 Å². The number of rotatable bonds is 9. The van der Waals surface area contributed by atoms with Crippen LogP contribution in [0.4, 0.5) is 11.4 Å². The van der Waals surface area contributed by atoms with E-state index in [1.54, 1.807) is 24.3 Å². The van der Waals surface area contributed by atoms with E-state index in [1.165, 1.54) is 43.5 Å². The third-order valence-corrected chi connectivity index (χ3v) is 5.93. The second-order valence-electron chi connectivity index (χ2n) is 6.62. The van der Waals surface area contributed by atoms with Crippen molar-refractivity contribution in [2.45, 2.75) is 17.4 Å². The number of benzene rings is 3. The van der Waals surface area contributed by atoms with Gasteiger partial charge in [-0.1, -0.05) is 24.3 Å². The monoisotopic (exact) mass is 444 g/mol. The fourth-order valence-electron chi connectivity index (χ4n) is 3.03. The average Bonchev–Trinajstić information content (AvgIpc) is 2.74. The third-order valence-electron chi connectivity index (χ3n) is 4.54. The quantitative estimate of drug-likeness (QED) is 0.395. The zero-order valence-electron chi connectivity index (χ0n) is 16.4. The van der Waals surface area contributed by atoms with Crippen LogP contribution in [0.2, 0.25) is 0 Å². The lowest BCUT2D eigenvalue weighted by atomic mass is 10.1. The first-order chi connectivity index (χ1) is 14.7. The van der Waals surface area contributed by atoms with Gasteiger partial charge in [0.05, 0.1) is 24.1 Å². The number of hydrogen-bond donors (Lipinski definition) is 4. The first-order valence-electron chi connectivity index (χ1n) is 9.11. The highest BCUT2D eigenvalue weighted by molar-refractivity contribution is 7.92. The number of fused-ring (bicyclic) bond motifs is 1. The largest absolute Gasteiger partial charge is 0.497 e. The summed E-state index contributed by atoms with van der Waals surface area (Å²) in [4.78, 5) is 22.4. The smallest absolute Gasteiger partial charge is 0.326 e. The van der Waals surface area contributed by atoms with Crippen molar-refractivity contribution in [2.24, 2.45) is 0 Å². The molecule has 0 aliphatic heterocycles. The van der Waals surface area contributed by atoms with Gasteiger partial charge in [0.15, 0.2) is 0 Å². The van der Waals surface area contributed by atoms with Crippen molar-refractivity contribution in [1.82, 2.24) is 0 Å². The van der Waals surface area contributed by atoms with Crippen LogP contribution >= 0.6 is 0 Å². The molecule has 0 aromatic heterocycles. The molecule has 162 valence electrons. The molecule has 0 fully saturated rings. The summed E-state index contributed by atoms with van der Waals surface area (Å²) in [5.41, 5.74) is 0.665. The van der Waals surface area contributed by atoms with Crippen molar-refractivity contribution < 1.29 is 33.0 Å². The van der Waals surface area contributed by atoms with Gasteiger partial charge < -0.3 is 20.3 Å². The van der Waals surface area contributed by atoms with E-state index in [4.69, 9.17) is 9.84 Å². The second kappa shape index (κ2) is 8.92. The SMILES string of the molecule is COc1ccc(S(=O)(=O)Nc2ccc(NC(CC(=O)O)C(=O)O)c3ccccc23)cc1. The fourth-order valence-corrected chi connectivity index (χ4v) is 4.11. The van der Waals surface area contributed by atoms with Crippen LogP contribution in [0.15, 0.2) is 65.6 Å². The summed E-state index contributed by atoms with van der Waals surface area (Å²) in [7, 11) is -2.41. The standard InChI is InChI=1S/C21H20N2O7S/c1-30-13-6-8-14(9-7-13)31(28,29)23-18-11-10-17(15-4-2-3-5-16(15)18)22-19(21(26)27)12-20(24)25/h2-11,19,22-23H,12H2,1H3,(H,24,25)(H,26,27). The zero-order chi connectivity index (χ0) is 22.6. The molecular formula is C21H20N2O7S. The molecule has 0 bridgehead atoms. The molecule has 0 aliphatic carbocycles. The molecule has 0 aliphatic rings. The minimum absolute atomic E-state index is 0.0481. The number of nitrogens with one attached hydrogen (secondary N) is 2. The summed E-state index contributed by atoms with van der Waals surface area (Å²) in [5, 5.41) is 22.0. The molecule has 0 saturated carbocycles. The van der Waals surface area contributed by atoms with Gasteiger partial charge >= 0.3 is 11.9 Å². The van der Waals surface area contributed by atoms with Crippen LogP contribution in [0.25, 0.3) is 10.8 Å². The van der Waals surface area contributed by atoms with Gasteiger partial charge in [-0.25, -0.2) is 13.2 Å². The van der Waals surface area contributed by atoms with Gasteiger partial charge in [0.1, 0.15) is 11.8 Å². The molecule has 31 heavy (non-hydrogen) atoms. The summed E-state index contributed by atoms with van der Waals surface area (Å²) in [6, 6.07) is 14.3. The summed E-state index contributed by atoms with van der Waals surface area (Å²) in [5.74, 6) is -2.04. The number of aliphatic carboxylic acids is 2. The van der Waals surface area contributed by atoms with E-state index in [9.17, 15) is 23.1 Å². The third kappa shape index (κ3) is 5.04. The Morgan fingerprint density at radius 3 is 2.06 bits per heavy atom. The first kappa shape index (κ1) is 21.9. The number of methoxy groups -OCH3 is 1. The Balaban J connectivity index is 1.97. The van der Waals surface area contributed by atoms with Crippen molar-refractivity contribution in [3.05, 3.63) is 60.7 Å². The maximum Gasteiger partial charge on any atom is 0.326 e. The van der Waals surface area contributed by atoms with Crippen molar-refractivity contribution in [1.29, 1.82) is 0 Å². The number of ether oxygens (including phenoxy) is 1. The van der Waals surface area contributed by atoms with E-state index in [1.807, 2.05) is 0 Å². The molecule has 0 heterocycles. The molecule has 9 nitrogen and oxygen atoms in total. The minimum Gasteiger partial charge on any atom is -0.497 e. The maximum atomic E-state index is 12.8. The lowest BCUT2D eigenvalue weighted by molar-refractivity contribution is -0.144. The molecule has 0 amide bonds. The number of carboxylic acids is 2. The van der Waals surface area contributed by atoms with Crippen LogP contribution in [0.5, 0.6) is 5.75 Å². The molecule has 0 spiro atoms. The van der Waals surface area contributed by atoms with E-state index >= 15 is 0 Å². The lowest BCUT2D eigenvalue weighted by Gasteiger charge is -2.18. The predicted octanol–water partition coefficient (Wildman–Crippen LogP) is 2.99. The van der Waals surface area contributed by atoms with Crippen molar-refractivity contribution in [2.75, 3.05) is 17.1 Å². The van der Waals surface area contributed by atoms with Crippen molar-refractivity contribution in [3.63, 3.8) is 0 Å². The van der Waals surface area contributed by atoms with E-state index in [2.05, 4.69) is 10.0 Å². The van der Waals surface area contributed by atoms with Gasteiger partial charge in [0.2, 0.25) is 0 Å². The van der Waals surface area contributed by atoms with Gasteiger partial charge in [-0.15, -0.1) is 0 Å². The fraction of sp³-hybridized carbons (Fsp3) is 0.143. The Morgan fingerprint density at radius 2 is 1.52 bits per heavy atom. The Hall–Kier alpha value is -3.79. The van der Waals surface area contributed by atoms with E-state index in [0.29, 0.717) is 27.9 Å². The number of carboxylic acid groups (broad SMARTS) is 2. The Morgan fingerprint density at radius 1 is 0.935 bits per heavy atom. The Bertz CT molecular complexity index is 1220. The van der Waals surface area contributed by atoms with E-state index in [-0.39, 0.29) is 4.90 Å². The number of hydrogen-bond acceptors (Lipinski definition) is 6. The maximum absolute atomic E-state index is 12.8. The van der Waals surface area contributed by atoms with Crippen LogP contribution in [-0.4, -0.2) is 43.7 Å². The summed E-state index contributed by atoms with van der Waals surface area (Å²) in [6.45, 7) is 0. The Kier molecular flexibility index (Phi) is 6.30. The second-order valence-corrected chi connectivity index (χ2v) is 8.30. The lowest BCUT2D eigenvalue weighted by Crippen LogP contribution is -2.31. The van der Waals surface area contributed by atoms with Crippen LogP contribution in [0, 0.1) is 0 Å². The van der Waals surface area contributed by atoms with Gasteiger partial charge in [0, 0.05) is 16.5 Å². The first-order valence-corrected chi connectivity index (χ1v) is 10.6. The molecule has 0 radical (unpaired) electrons. The summed E-state index contributed by atoms with van der Waals surface area (Å²) in [6.07, 6.45) is -0.616. The molecular weight excluding hydrogens is 424 g/mol. The Labute approximate surface area is 178 Å². The number of carbonyl (C=O) groups is 2. The molecule has 3 aromatic rings. The molecule has 0 saturated heterocycles. The normalized spacial score (nSPS) is 12.2. The molecule has 1 unspecified atom stereocenters. The van der Waals surface area contributed by atoms with Gasteiger partial charge in [-0.05, 0) is 36.4 Å². The highest BCUT2D eigenvalue weighted by Crippen LogP contribution is 2.32. The summed E-state index contributed by atoms with van der Waals surface area (Å²) < 4.78 is 33.2. The topological polar surface area (TPSA) is 142 Å². The molecule has 3 aromatic carbocycles. The molecule has 1 atom stereocenters. The van der Waals surface area contributed by atoms with Crippen LogP contribution in [0.1, 0.15) is 6.42 Å². The summed E-state index contributed by atoms with van der Waals surface area (Å²) >= 11 is 0. The van der Waals surface area contributed by atoms with Crippen LogP contribution < -0.4 is 14.8 Å². The van der Waals surface area contributed by atoms with E-state index < -0.39 is 34.4 Å². The van der Waals surface area contributed by atoms with Crippen molar-refractivity contribution >= 4 is 44.1 Å². The molecule has 4 N–H and O–H groups in total. The number of anilines is 2. The predicted molar refractivity (Wildman–Crippen MR) is 115 cm³/mol. The van der Waals surface area contributed by atoms with Crippen molar-refractivity contribution in [3.8, 4) is 5.75 Å². The molecule has 3 rings (SSSR count). The van der Waals surface area contributed by atoms with Gasteiger partial charge in [0.25, 0.3) is 10.0 Å². The zero-order valence-corrected chi connectivity index (χ0v) is 17.2. The minimum atomic E-state index is -3.89. The van der Waals surface area contributed by atoms with Gasteiger partial charge in [-0.3, -0.25) is 9.52 Å². The highest BCUT2D eigenvalue weighted by Gasteiger charge is 2.22. The molecule has 10 heteroatoms. The van der Waals surface area contributed by atoms with Crippen LogP contribution in [0.3, 0.4) is 0 Å². The average molecular weight is 444 g/mol.